The van der Waals surface area contributed by atoms with E-state index >= 15 is 0 Å². The van der Waals surface area contributed by atoms with Crippen LogP contribution in [0.2, 0.25) is 15.1 Å². The maximum Gasteiger partial charge on any atom is 0.224 e. The van der Waals surface area contributed by atoms with E-state index in [1.165, 1.54) is 0 Å². The summed E-state index contributed by atoms with van der Waals surface area (Å²) < 4.78 is 0. The predicted molar refractivity (Wildman–Crippen MR) is 84.9 cm³/mol. The van der Waals surface area contributed by atoms with E-state index in [1.807, 2.05) is 18.2 Å². The van der Waals surface area contributed by atoms with Crippen LogP contribution < -0.4 is 5.32 Å². The van der Waals surface area contributed by atoms with Crippen molar-refractivity contribution >= 4 is 46.4 Å². The normalized spacial score (nSPS) is 10.3. The summed E-state index contributed by atoms with van der Waals surface area (Å²) in [5, 5.41) is 4.23. The zero-order valence-electron chi connectivity index (χ0n) is 10.5. The highest BCUT2D eigenvalue weighted by molar-refractivity contribution is 6.39. The SMILES string of the molecule is O=C(CCc1ccccc1Cl)Nc1c(Cl)cccc1Cl. The maximum atomic E-state index is 11.9. The topological polar surface area (TPSA) is 29.1 Å². The van der Waals surface area contributed by atoms with E-state index in [0.717, 1.165) is 5.56 Å². The Morgan fingerprint density at radius 3 is 2.15 bits per heavy atom. The Bertz CT molecular complexity index is 608. The van der Waals surface area contributed by atoms with Crippen molar-refractivity contribution in [3.63, 3.8) is 0 Å². The lowest BCUT2D eigenvalue weighted by Gasteiger charge is -2.09. The van der Waals surface area contributed by atoms with E-state index in [4.69, 9.17) is 34.8 Å². The van der Waals surface area contributed by atoms with E-state index in [2.05, 4.69) is 5.32 Å². The summed E-state index contributed by atoms with van der Waals surface area (Å²) in [7, 11) is 0. The molecule has 20 heavy (non-hydrogen) atoms. The summed E-state index contributed by atoms with van der Waals surface area (Å²) in [6.07, 6.45) is 0.874. The number of hydrogen-bond donors (Lipinski definition) is 1. The molecule has 0 radical (unpaired) electrons. The second-order valence-electron chi connectivity index (χ2n) is 4.24. The molecule has 2 nitrogen and oxygen atoms in total. The van der Waals surface area contributed by atoms with Gasteiger partial charge in [0.2, 0.25) is 5.91 Å². The molecule has 0 aliphatic rings. The molecule has 0 aliphatic carbocycles. The summed E-state index contributed by atoms with van der Waals surface area (Å²) >= 11 is 18.0. The van der Waals surface area contributed by atoms with Crippen LogP contribution in [0.4, 0.5) is 5.69 Å². The number of nitrogens with one attached hydrogen (secondary N) is 1. The van der Waals surface area contributed by atoms with Crippen molar-refractivity contribution in [1.82, 2.24) is 0 Å². The number of carbonyl (C=O) groups excluding carboxylic acids is 1. The molecule has 2 aromatic carbocycles. The molecule has 0 spiro atoms. The van der Waals surface area contributed by atoms with Gasteiger partial charge in [0.15, 0.2) is 0 Å². The van der Waals surface area contributed by atoms with E-state index in [0.29, 0.717) is 33.6 Å². The molecule has 0 aliphatic heterocycles. The van der Waals surface area contributed by atoms with E-state index in [-0.39, 0.29) is 5.91 Å². The van der Waals surface area contributed by atoms with Gasteiger partial charge in [0.25, 0.3) is 0 Å². The average molecular weight is 329 g/mol. The van der Waals surface area contributed by atoms with Crippen LogP contribution in [-0.2, 0) is 11.2 Å². The number of hydrogen-bond acceptors (Lipinski definition) is 1. The van der Waals surface area contributed by atoms with Crippen LogP contribution in [0.3, 0.4) is 0 Å². The number of amides is 1. The fraction of sp³-hybridized carbons (Fsp3) is 0.133. The quantitative estimate of drug-likeness (QED) is 0.819. The van der Waals surface area contributed by atoms with Crippen molar-refractivity contribution < 1.29 is 4.79 Å². The highest BCUT2D eigenvalue weighted by atomic mass is 35.5. The standard InChI is InChI=1S/C15H12Cl3NO/c16-11-5-2-1-4-10(11)8-9-14(20)19-15-12(17)6-3-7-13(15)18/h1-7H,8-9H2,(H,19,20). The Hall–Kier alpha value is -1.22. The molecular weight excluding hydrogens is 317 g/mol. The lowest BCUT2D eigenvalue weighted by Crippen LogP contribution is -2.13. The fourth-order valence-corrected chi connectivity index (χ4v) is 2.49. The zero-order valence-corrected chi connectivity index (χ0v) is 12.8. The second-order valence-corrected chi connectivity index (χ2v) is 5.46. The number of para-hydroxylation sites is 1. The molecule has 5 heteroatoms. The van der Waals surface area contributed by atoms with Crippen LogP contribution in [-0.4, -0.2) is 5.91 Å². The number of halogens is 3. The monoisotopic (exact) mass is 327 g/mol. The van der Waals surface area contributed by atoms with Crippen LogP contribution in [0, 0.1) is 0 Å². The van der Waals surface area contributed by atoms with Crippen molar-refractivity contribution in [2.75, 3.05) is 5.32 Å². The number of rotatable bonds is 4. The van der Waals surface area contributed by atoms with Gasteiger partial charge < -0.3 is 5.32 Å². The summed E-state index contributed by atoms with van der Waals surface area (Å²) in [6.45, 7) is 0. The predicted octanol–water partition coefficient (Wildman–Crippen LogP) is 5.22. The van der Waals surface area contributed by atoms with Gasteiger partial charge in [-0.05, 0) is 30.2 Å². The average Bonchev–Trinajstić information content (AvgIpc) is 2.42. The summed E-state index contributed by atoms with van der Waals surface area (Å²) in [5.41, 5.74) is 1.38. The lowest BCUT2D eigenvalue weighted by molar-refractivity contribution is -0.116. The van der Waals surface area contributed by atoms with Crippen molar-refractivity contribution in [2.45, 2.75) is 12.8 Å². The van der Waals surface area contributed by atoms with Crippen LogP contribution >= 0.6 is 34.8 Å². The van der Waals surface area contributed by atoms with Crippen LogP contribution in [0.5, 0.6) is 0 Å². The minimum atomic E-state index is -0.153. The molecule has 0 unspecified atom stereocenters. The molecule has 0 aromatic heterocycles. The third-order valence-corrected chi connectivity index (χ3v) is 3.81. The van der Waals surface area contributed by atoms with Crippen molar-refractivity contribution in [1.29, 1.82) is 0 Å². The molecular formula is C15H12Cl3NO. The molecule has 0 atom stereocenters. The van der Waals surface area contributed by atoms with Gasteiger partial charge in [-0.25, -0.2) is 0 Å². The Kier molecular flexibility index (Phi) is 5.30. The molecule has 1 amide bonds. The van der Waals surface area contributed by atoms with E-state index in [9.17, 15) is 4.79 Å². The first-order chi connectivity index (χ1) is 9.58. The lowest BCUT2D eigenvalue weighted by atomic mass is 10.1. The van der Waals surface area contributed by atoms with Gasteiger partial charge in [-0.2, -0.15) is 0 Å². The van der Waals surface area contributed by atoms with Crippen LogP contribution in [0.15, 0.2) is 42.5 Å². The van der Waals surface area contributed by atoms with Gasteiger partial charge in [-0.1, -0.05) is 59.1 Å². The Morgan fingerprint density at radius 2 is 1.50 bits per heavy atom. The Labute approximate surface area is 132 Å². The number of carbonyl (C=O) groups is 1. The number of benzene rings is 2. The first-order valence-corrected chi connectivity index (χ1v) is 7.18. The molecule has 0 bridgehead atoms. The molecule has 104 valence electrons. The summed E-state index contributed by atoms with van der Waals surface area (Å²) in [4.78, 5) is 11.9. The van der Waals surface area contributed by atoms with Gasteiger partial charge in [0.05, 0.1) is 15.7 Å². The molecule has 0 heterocycles. The smallest absolute Gasteiger partial charge is 0.224 e. The second kappa shape index (κ2) is 6.98. The van der Waals surface area contributed by atoms with E-state index < -0.39 is 0 Å². The largest absolute Gasteiger partial charge is 0.324 e. The van der Waals surface area contributed by atoms with Crippen molar-refractivity contribution in [2.24, 2.45) is 0 Å². The third kappa shape index (κ3) is 3.89. The molecule has 0 fully saturated rings. The number of anilines is 1. The highest BCUT2D eigenvalue weighted by Gasteiger charge is 2.10. The molecule has 0 saturated heterocycles. The van der Waals surface area contributed by atoms with Gasteiger partial charge >= 0.3 is 0 Å². The summed E-state index contributed by atoms with van der Waals surface area (Å²) in [5.74, 6) is -0.153. The zero-order chi connectivity index (χ0) is 14.5. The summed E-state index contributed by atoms with van der Waals surface area (Å²) in [6, 6.07) is 12.5. The first-order valence-electron chi connectivity index (χ1n) is 6.05. The maximum absolute atomic E-state index is 11.9. The molecule has 1 N–H and O–H groups in total. The fourth-order valence-electron chi connectivity index (χ4n) is 1.77. The third-order valence-electron chi connectivity index (χ3n) is 2.81. The first kappa shape index (κ1) is 15.2. The van der Waals surface area contributed by atoms with Gasteiger partial charge in [-0.3, -0.25) is 4.79 Å². The van der Waals surface area contributed by atoms with Gasteiger partial charge in [0.1, 0.15) is 0 Å². The van der Waals surface area contributed by atoms with Gasteiger partial charge in [-0.15, -0.1) is 0 Å². The minimum Gasteiger partial charge on any atom is -0.324 e. The Morgan fingerprint density at radius 1 is 0.900 bits per heavy atom. The van der Waals surface area contributed by atoms with Crippen LogP contribution in [0.1, 0.15) is 12.0 Å². The van der Waals surface area contributed by atoms with Crippen molar-refractivity contribution in [3.8, 4) is 0 Å². The molecule has 0 saturated carbocycles. The molecule has 2 rings (SSSR count). The van der Waals surface area contributed by atoms with Gasteiger partial charge in [0, 0.05) is 11.4 Å². The molecule has 2 aromatic rings. The Balaban J connectivity index is 1.98. The highest BCUT2D eigenvalue weighted by Crippen LogP contribution is 2.30. The van der Waals surface area contributed by atoms with Crippen molar-refractivity contribution in [3.05, 3.63) is 63.1 Å². The van der Waals surface area contributed by atoms with Crippen LogP contribution in [0.25, 0.3) is 0 Å². The minimum absolute atomic E-state index is 0.153. The number of aryl methyl sites for hydroxylation is 1. The van der Waals surface area contributed by atoms with E-state index in [1.54, 1.807) is 24.3 Å².